The molecule has 0 amide bonds. The Balaban J connectivity index is 4.46. The second kappa shape index (κ2) is 33.8. The molecular weight excluding hydrogens is 665 g/mol. The highest BCUT2D eigenvalue weighted by atomic mass is 31.2. The van der Waals surface area contributed by atoms with Gasteiger partial charge in [0.25, 0.3) is 0 Å². The molecule has 0 aromatic carbocycles. The molecule has 0 saturated heterocycles. The van der Waals surface area contributed by atoms with E-state index < -0.39 is 26.5 Å². The number of phosphoric acid groups is 1. The van der Waals surface area contributed by atoms with Crippen molar-refractivity contribution in [3.8, 4) is 0 Å². The molecule has 296 valence electrons. The maximum Gasteiger partial charge on any atom is 0.472 e. The molecule has 1 N–H and O–H groups in total. The van der Waals surface area contributed by atoms with Crippen LogP contribution in [-0.4, -0.2) is 74.9 Å². The molecule has 0 fully saturated rings. The van der Waals surface area contributed by atoms with E-state index in [1.54, 1.807) is 0 Å². The predicted octanol–water partition coefficient (Wildman–Crippen LogP) is 10.7. The summed E-state index contributed by atoms with van der Waals surface area (Å²) in [6.07, 6.45) is 37.3. The number of hydrogen-bond donors (Lipinski definition) is 1. The van der Waals surface area contributed by atoms with Crippen molar-refractivity contribution in [2.75, 3.05) is 47.5 Å². The van der Waals surface area contributed by atoms with Gasteiger partial charge in [-0.15, -0.1) is 0 Å². The molecule has 9 nitrogen and oxygen atoms in total. The smallest absolute Gasteiger partial charge is 0.462 e. The maximum absolute atomic E-state index is 12.6. The quantitative estimate of drug-likeness (QED) is 0.0225. The van der Waals surface area contributed by atoms with E-state index in [4.69, 9.17) is 18.5 Å². The second-order valence-corrected chi connectivity index (χ2v) is 15.7. The first-order valence-electron chi connectivity index (χ1n) is 19.9. The van der Waals surface area contributed by atoms with Crippen LogP contribution in [0, 0.1) is 0 Å². The molecule has 0 saturated carbocycles. The molecule has 0 aromatic heterocycles. The minimum absolute atomic E-state index is 0.0255. The van der Waals surface area contributed by atoms with E-state index in [-0.39, 0.29) is 32.0 Å². The van der Waals surface area contributed by atoms with Gasteiger partial charge in [0.2, 0.25) is 0 Å². The van der Waals surface area contributed by atoms with Crippen LogP contribution in [0.1, 0.15) is 149 Å². The van der Waals surface area contributed by atoms with E-state index >= 15 is 0 Å². The highest BCUT2D eigenvalue weighted by Gasteiger charge is 2.27. The number of carbonyl (C=O) groups excluding carboxylic acids is 2. The lowest BCUT2D eigenvalue weighted by Gasteiger charge is -2.24. The number of hydrogen-bond acceptors (Lipinski definition) is 7. The number of nitrogens with zero attached hydrogens (tertiary/aromatic N) is 1. The van der Waals surface area contributed by atoms with Gasteiger partial charge in [0, 0.05) is 12.8 Å². The van der Waals surface area contributed by atoms with Crippen LogP contribution in [0.25, 0.3) is 0 Å². The molecule has 0 aliphatic carbocycles. The third kappa shape index (κ3) is 37.5. The van der Waals surface area contributed by atoms with Crippen molar-refractivity contribution in [2.24, 2.45) is 0 Å². The van der Waals surface area contributed by atoms with Crippen LogP contribution >= 0.6 is 7.82 Å². The fraction of sp³-hybridized carbons (Fsp3) is 0.756. The van der Waals surface area contributed by atoms with Gasteiger partial charge in [0.15, 0.2) is 6.10 Å². The number of carbonyl (C=O) groups is 2. The Hall–Kier alpha value is -2.03. The van der Waals surface area contributed by atoms with E-state index in [0.29, 0.717) is 23.9 Å². The number of ether oxygens (including phenoxy) is 2. The van der Waals surface area contributed by atoms with Crippen molar-refractivity contribution < 1.29 is 42.1 Å². The first-order valence-corrected chi connectivity index (χ1v) is 21.4. The minimum atomic E-state index is -4.38. The molecule has 0 rings (SSSR count). The number of phosphoric ester groups is 1. The molecule has 0 heterocycles. The lowest BCUT2D eigenvalue weighted by Crippen LogP contribution is -2.37. The van der Waals surface area contributed by atoms with Crippen LogP contribution in [0.2, 0.25) is 0 Å². The van der Waals surface area contributed by atoms with Gasteiger partial charge >= 0.3 is 19.8 Å². The Kier molecular flexibility index (Phi) is 32.4. The van der Waals surface area contributed by atoms with Crippen molar-refractivity contribution >= 4 is 19.8 Å². The number of esters is 2. The van der Waals surface area contributed by atoms with E-state index in [2.05, 4.69) is 62.5 Å². The zero-order chi connectivity index (χ0) is 37.9. The number of rotatable bonds is 35. The summed E-state index contributed by atoms with van der Waals surface area (Å²) >= 11 is 0. The topological polar surface area (TPSA) is 108 Å². The van der Waals surface area contributed by atoms with E-state index in [1.165, 1.54) is 19.3 Å². The monoisotopic (exact) mass is 741 g/mol. The van der Waals surface area contributed by atoms with Crippen molar-refractivity contribution in [2.45, 2.75) is 155 Å². The summed E-state index contributed by atoms with van der Waals surface area (Å²) in [7, 11) is 1.45. The molecule has 0 aliphatic heterocycles. The first kappa shape index (κ1) is 49.0. The molecule has 0 spiro atoms. The lowest BCUT2D eigenvalue weighted by atomic mass is 10.1. The fourth-order valence-corrected chi connectivity index (χ4v) is 5.70. The van der Waals surface area contributed by atoms with Crippen LogP contribution in [0.3, 0.4) is 0 Å². The summed E-state index contributed by atoms with van der Waals surface area (Å²) in [5.41, 5.74) is 0. The van der Waals surface area contributed by atoms with Gasteiger partial charge < -0.3 is 18.9 Å². The molecule has 0 aromatic rings. The Morgan fingerprint density at radius 2 is 1.12 bits per heavy atom. The molecule has 0 aliphatic rings. The zero-order valence-electron chi connectivity index (χ0n) is 33.1. The summed E-state index contributed by atoms with van der Waals surface area (Å²) in [5, 5.41) is 0. The molecule has 10 heteroatoms. The van der Waals surface area contributed by atoms with Gasteiger partial charge in [-0.1, -0.05) is 114 Å². The third-order valence-corrected chi connectivity index (χ3v) is 9.08. The maximum atomic E-state index is 12.6. The third-order valence-electron chi connectivity index (χ3n) is 8.09. The van der Waals surface area contributed by atoms with E-state index in [1.807, 2.05) is 21.1 Å². The largest absolute Gasteiger partial charge is 0.472 e. The van der Waals surface area contributed by atoms with Gasteiger partial charge in [-0.3, -0.25) is 18.6 Å². The van der Waals surface area contributed by atoms with Crippen molar-refractivity contribution in [3.63, 3.8) is 0 Å². The number of allylic oxidation sites excluding steroid dienone is 8. The highest BCUT2D eigenvalue weighted by Crippen LogP contribution is 2.43. The molecule has 1 unspecified atom stereocenters. The summed E-state index contributed by atoms with van der Waals surface area (Å²) in [4.78, 5) is 35.2. The fourth-order valence-electron chi connectivity index (χ4n) is 4.96. The minimum Gasteiger partial charge on any atom is -0.462 e. The van der Waals surface area contributed by atoms with E-state index in [0.717, 1.165) is 89.9 Å². The van der Waals surface area contributed by atoms with Crippen LogP contribution < -0.4 is 0 Å². The second-order valence-electron chi connectivity index (χ2n) is 14.3. The SMILES string of the molecule is CC/C=C\C/C=C\C/C=C\CCCCCCCC(=O)OC[C@H](COP(=O)(O)OCC[N+](C)(C)C)OC(=O)CCCCCCC/C=C\CCCCC. The van der Waals surface area contributed by atoms with Gasteiger partial charge in [0.05, 0.1) is 27.7 Å². The normalized spacial score (nSPS) is 14.2. The Bertz CT molecular complexity index is 1020. The van der Waals surface area contributed by atoms with Crippen LogP contribution in [0.4, 0.5) is 0 Å². The molecular formula is C41H75NO8P+. The highest BCUT2D eigenvalue weighted by molar-refractivity contribution is 7.47. The Labute approximate surface area is 312 Å². The molecule has 51 heavy (non-hydrogen) atoms. The average molecular weight is 741 g/mol. The average Bonchev–Trinajstić information content (AvgIpc) is 3.07. The summed E-state index contributed by atoms with van der Waals surface area (Å²) in [6, 6.07) is 0. The summed E-state index contributed by atoms with van der Waals surface area (Å²) in [5.74, 6) is -0.834. The van der Waals surface area contributed by atoms with Crippen molar-refractivity contribution in [1.29, 1.82) is 0 Å². The van der Waals surface area contributed by atoms with E-state index in [9.17, 15) is 19.0 Å². The number of unbranched alkanes of at least 4 members (excludes halogenated alkanes) is 13. The zero-order valence-corrected chi connectivity index (χ0v) is 34.0. The lowest BCUT2D eigenvalue weighted by molar-refractivity contribution is -0.870. The first-order chi connectivity index (χ1) is 24.5. The number of quaternary nitrogens is 1. The summed E-state index contributed by atoms with van der Waals surface area (Å²) in [6.45, 7) is 4.23. The van der Waals surface area contributed by atoms with Gasteiger partial charge in [-0.05, 0) is 70.6 Å². The van der Waals surface area contributed by atoms with Crippen molar-refractivity contribution in [1.82, 2.24) is 0 Å². The van der Waals surface area contributed by atoms with Gasteiger partial charge in [-0.25, -0.2) is 4.57 Å². The van der Waals surface area contributed by atoms with Crippen LogP contribution in [0.5, 0.6) is 0 Å². The number of likely N-dealkylation sites (N-methyl/N-ethyl adjacent to an activating group) is 1. The molecule has 0 bridgehead atoms. The van der Waals surface area contributed by atoms with Crippen molar-refractivity contribution in [3.05, 3.63) is 48.6 Å². The van der Waals surface area contributed by atoms with Crippen LogP contribution in [0.15, 0.2) is 48.6 Å². The molecule has 0 radical (unpaired) electrons. The van der Waals surface area contributed by atoms with Gasteiger partial charge in [0.1, 0.15) is 19.8 Å². The van der Waals surface area contributed by atoms with Crippen LogP contribution in [-0.2, 0) is 32.7 Å². The Morgan fingerprint density at radius 1 is 0.627 bits per heavy atom. The predicted molar refractivity (Wildman–Crippen MR) is 210 cm³/mol. The standard InChI is InChI=1S/C41H74NO8P/c1-6-8-10-12-14-16-18-20-21-22-24-25-27-29-31-33-40(43)47-37-39(38-49-51(45,46)48-36-35-42(3,4)5)50-41(44)34-32-30-28-26-23-19-17-15-13-11-9-7-2/h8,10,14-17,20-21,39H,6-7,9,11-13,18-19,22-38H2,1-5H3/p+1/b10-8-,16-14-,17-15-,21-20-/t39-/m1/s1. The molecule has 2 atom stereocenters. The summed E-state index contributed by atoms with van der Waals surface area (Å²) < 4.78 is 34.2. The van der Waals surface area contributed by atoms with Gasteiger partial charge in [-0.2, -0.15) is 0 Å². The Morgan fingerprint density at radius 3 is 1.69 bits per heavy atom.